The van der Waals surface area contributed by atoms with Crippen molar-refractivity contribution in [1.29, 1.82) is 0 Å². The van der Waals surface area contributed by atoms with Gasteiger partial charge in [0, 0.05) is 40.3 Å². The molecule has 1 aromatic heterocycles. The van der Waals surface area contributed by atoms with Crippen LogP contribution in [0.15, 0.2) is 60.3 Å². The van der Waals surface area contributed by atoms with Gasteiger partial charge < -0.3 is 19.7 Å². The standard InChI is InChI=1S/C31H33NO6/c1-29-10-9-20(34)12-19(29)7-8-21-22-13-26-31(25(36)16-33,30(22,2)14-24(35)27(21)29)38-28(37-26)18-11-17-5-3-4-6-23(17)32-15-18/h3-7,9-11,15,21-22,24,26-28,33,35H,8,12-14,16H2,1-2H3/t21-,22-,24-,26+,27+,28?,29-,30-,31+/m0/s1. The molecule has 0 radical (unpaired) electrons. The third kappa shape index (κ3) is 3.02. The fourth-order valence-corrected chi connectivity index (χ4v) is 8.96. The quantitative estimate of drug-likeness (QED) is 0.599. The summed E-state index contributed by atoms with van der Waals surface area (Å²) >= 11 is 0. The second kappa shape index (κ2) is 8.15. The summed E-state index contributed by atoms with van der Waals surface area (Å²) in [5.74, 6) is -0.215. The van der Waals surface area contributed by atoms with Gasteiger partial charge in [-0.25, -0.2) is 0 Å². The molecule has 1 unspecified atom stereocenters. The Morgan fingerprint density at radius 2 is 2.05 bits per heavy atom. The van der Waals surface area contributed by atoms with Crippen LogP contribution in [-0.2, 0) is 19.1 Å². The van der Waals surface area contributed by atoms with Gasteiger partial charge in [0.25, 0.3) is 0 Å². The summed E-state index contributed by atoms with van der Waals surface area (Å²) in [6.07, 6.45) is 7.62. The Hall–Kier alpha value is -2.71. The highest BCUT2D eigenvalue weighted by atomic mass is 16.7. The molecule has 1 saturated heterocycles. The van der Waals surface area contributed by atoms with Crippen LogP contribution < -0.4 is 0 Å². The minimum absolute atomic E-state index is 0.0488. The highest BCUT2D eigenvalue weighted by Crippen LogP contribution is 2.70. The van der Waals surface area contributed by atoms with E-state index in [-0.39, 0.29) is 23.5 Å². The van der Waals surface area contributed by atoms with Crippen molar-refractivity contribution in [1.82, 2.24) is 4.98 Å². The van der Waals surface area contributed by atoms with Gasteiger partial charge in [0.05, 0.1) is 17.7 Å². The van der Waals surface area contributed by atoms with Gasteiger partial charge in [0.2, 0.25) is 0 Å². The first-order chi connectivity index (χ1) is 18.2. The van der Waals surface area contributed by atoms with Crippen molar-refractivity contribution in [3.8, 4) is 0 Å². The largest absolute Gasteiger partial charge is 0.393 e. The number of allylic oxidation sites excluding steroid dienone is 4. The molecule has 38 heavy (non-hydrogen) atoms. The highest BCUT2D eigenvalue weighted by molar-refractivity contribution is 5.93. The van der Waals surface area contributed by atoms with Crippen molar-refractivity contribution in [3.05, 3.63) is 65.9 Å². The van der Waals surface area contributed by atoms with E-state index in [1.54, 1.807) is 12.3 Å². The lowest BCUT2D eigenvalue weighted by Crippen LogP contribution is -2.63. The number of rotatable bonds is 3. The van der Waals surface area contributed by atoms with Crippen LogP contribution in [0.1, 0.15) is 51.4 Å². The summed E-state index contributed by atoms with van der Waals surface area (Å²) in [7, 11) is 0. The molecule has 2 heterocycles. The molecule has 1 aromatic carbocycles. The van der Waals surface area contributed by atoms with E-state index in [1.807, 2.05) is 43.3 Å². The van der Waals surface area contributed by atoms with Gasteiger partial charge >= 0.3 is 0 Å². The molecule has 3 fully saturated rings. The van der Waals surface area contributed by atoms with Crippen molar-refractivity contribution < 1.29 is 29.3 Å². The molecule has 2 aromatic rings. The van der Waals surface area contributed by atoms with Crippen molar-refractivity contribution in [2.45, 2.75) is 63.6 Å². The number of aliphatic hydroxyl groups excluding tert-OH is 2. The predicted octanol–water partition coefficient (Wildman–Crippen LogP) is 3.84. The molecule has 9 atom stereocenters. The Balaban J connectivity index is 1.28. The Morgan fingerprint density at radius 3 is 2.87 bits per heavy atom. The molecule has 0 bridgehead atoms. The zero-order valence-electron chi connectivity index (χ0n) is 21.7. The molecular weight excluding hydrogens is 482 g/mol. The van der Waals surface area contributed by atoms with Crippen LogP contribution in [0.2, 0.25) is 0 Å². The van der Waals surface area contributed by atoms with Gasteiger partial charge in [0.1, 0.15) is 6.61 Å². The van der Waals surface area contributed by atoms with E-state index in [2.05, 4.69) is 18.0 Å². The third-order valence-corrected chi connectivity index (χ3v) is 10.6. The smallest absolute Gasteiger partial charge is 0.193 e. The van der Waals surface area contributed by atoms with Crippen LogP contribution in [0, 0.1) is 28.6 Å². The van der Waals surface area contributed by atoms with Crippen LogP contribution in [0.4, 0.5) is 0 Å². The van der Waals surface area contributed by atoms with Gasteiger partial charge in [0.15, 0.2) is 23.5 Å². The maximum atomic E-state index is 13.6. The van der Waals surface area contributed by atoms with Crippen molar-refractivity contribution >= 4 is 22.5 Å². The van der Waals surface area contributed by atoms with E-state index in [0.29, 0.717) is 19.3 Å². The fourth-order valence-electron chi connectivity index (χ4n) is 8.96. The maximum Gasteiger partial charge on any atom is 0.193 e. The van der Waals surface area contributed by atoms with Crippen molar-refractivity contribution in [2.75, 3.05) is 6.61 Å². The lowest BCUT2D eigenvalue weighted by atomic mass is 9.47. The summed E-state index contributed by atoms with van der Waals surface area (Å²) in [5, 5.41) is 22.9. The average molecular weight is 516 g/mol. The molecule has 198 valence electrons. The van der Waals surface area contributed by atoms with E-state index in [0.717, 1.165) is 28.5 Å². The summed E-state index contributed by atoms with van der Waals surface area (Å²) in [5.41, 5.74) is 0.188. The Labute approximate surface area is 221 Å². The van der Waals surface area contributed by atoms with E-state index < -0.39 is 47.3 Å². The maximum absolute atomic E-state index is 13.6. The molecule has 5 aliphatic rings. The Bertz CT molecular complexity index is 1420. The number of fused-ring (bicyclic) bond motifs is 8. The number of hydrogen-bond acceptors (Lipinski definition) is 7. The molecule has 2 saturated carbocycles. The molecule has 1 aliphatic heterocycles. The van der Waals surface area contributed by atoms with Gasteiger partial charge in [-0.1, -0.05) is 49.8 Å². The third-order valence-electron chi connectivity index (χ3n) is 10.6. The van der Waals surface area contributed by atoms with Crippen LogP contribution >= 0.6 is 0 Å². The second-order valence-corrected chi connectivity index (χ2v) is 12.3. The molecule has 2 N–H and O–H groups in total. The number of nitrogens with zero attached hydrogens (tertiary/aromatic N) is 1. The average Bonchev–Trinajstić information content (AvgIpc) is 3.41. The fraction of sp³-hybridized carbons (Fsp3) is 0.516. The van der Waals surface area contributed by atoms with E-state index in [1.165, 1.54) is 0 Å². The molecule has 4 aliphatic carbocycles. The lowest BCUT2D eigenvalue weighted by Gasteiger charge is -2.59. The first-order valence-electron chi connectivity index (χ1n) is 13.6. The number of pyridine rings is 1. The van der Waals surface area contributed by atoms with Gasteiger partial charge in [-0.2, -0.15) is 0 Å². The molecular formula is C31H33NO6. The van der Waals surface area contributed by atoms with Crippen molar-refractivity contribution in [3.63, 3.8) is 0 Å². The first kappa shape index (κ1) is 24.3. The number of benzene rings is 1. The number of ether oxygens (including phenoxy) is 2. The number of aromatic nitrogens is 1. The van der Waals surface area contributed by atoms with E-state index in [4.69, 9.17) is 9.47 Å². The SMILES string of the molecule is C[C@]12C=CC(=O)CC1=CC[C@@H]1[C@@H]2[C@@H](O)C[C@@]2(C)[C@H]1C[C@H]1OC(c3cnc4ccccc4c3)O[C@]12C(=O)CO. The summed E-state index contributed by atoms with van der Waals surface area (Å²) in [4.78, 5) is 30.3. The molecule has 7 nitrogen and oxygen atoms in total. The van der Waals surface area contributed by atoms with Gasteiger partial charge in [-0.05, 0) is 49.3 Å². The number of aliphatic hydroxyl groups is 2. The van der Waals surface area contributed by atoms with E-state index >= 15 is 0 Å². The van der Waals surface area contributed by atoms with E-state index in [9.17, 15) is 19.8 Å². The lowest BCUT2D eigenvalue weighted by molar-refractivity contribution is -0.199. The molecule has 0 spiro atoms. The monoisotopic (exact) mass is 515 g/mol. The number of para-hydroxylation sites is 1. The molecule has 7 heteroatoms. The summed E-state index contributed by atoms with van der Waals surface area (Å²) in [6.45, 7) is 3.52. The zero-order chi connectivity index (χ0) is 26.4. The van der Waals surface area contributed by atoms with Crippen LogP contribution in [-0.4, -0.2) is 51.2 Å². The van der Waals surface area contributed by atoms with Crippen LogP contribution in [0.25, 0.3) is 10.9 Å². The Kier molecular flexibility index (Phi) is 5.22. The zero-order valence-corrected chi connectivity index (χ0v) is 21.7. The normalized spacial score (nSPS) is 43.3. The predicted molar refractivity (Wildman–Crippen MR) is 139 cm³/mol. The minimum atomic E-state index is -1.36. The van der Waals surface area contributed by atoms with Crippen LogP contribution in [0.3, 0.4) is 0 Å². The van der Waals surface area contributed by atoms with Gasteiger partial charge in [-0.3, -0.25) is 14.6 Å². The Morgan fingerprint density at radius 1 is 1.24 bits per heavy atom. The number of hydrogen-bond donors (Lipinski definition) is 2. The molecule has 0 amide bonds. The number of carbonyl (C=O) groups excluding carboxylic acids is 2. The number of Topliss-reactive ketones (excluding diaryl/α,β-unsaturated/α-hetero) is 1. The molecule has 7 rings (SSSR count). The number of ketones is 2. The van der Waals surface area contributed by atoms with Gasteiger partial charge in [-0.15, -0.1) is 0 Å². The topological polar surface area (TPSA) is 106 Å². The second-order valence-electron chi connectivity index (χ2n) is 12.3. The first-order valence-corrected chi connectivity index (χ1v) is 13.6. The minimum Gasteiger partial charge on any atom is -0.393 e. The summed E-state index contributed by atoms with van der Waals surface area (Å²) in [6, 6.07) is 9.77. The van der Waals surface area contributed by atoms with Crippen LogP contribution in [0.5, 0.6) is 0 Å². The number of carbonyl (C=O) groups is 2. The van der Waals surface area contributed by atoms with Crippen molar-refractivity contribution in [2.24, 2.45) is 28.6 Å². The summed E-state index contributed by atoms with van der Waals surface area (Å²) < 4.78 is 13.2. The highest BCUT2D eigenvalue weighted by Gasteiger charge is 2.75.